The number of anilines is 1. The number of amides is 1. The second kappa shape index (κ2) is 4.77. The molecule has 1 unspecified atom stereocenters. The Kier molecular flexibility index (Phi) is 3.10. The van der Waals surface area contributed by atoms with Gasteiger partial charge in [-0.25, -0.2) is 4.39 Å². The van der Waals surface area contributed by atoms with Gasteiger partial charge in [-0.15, -0.1) is 0 Å². The third-order valence-corrected chi connectivity index (χ3v) is 3.74. The van der Waals surface area contributed by atoms with Crippen molar-refractivity contribution in [1.29, 1.82) is 0 Å². The Hall–Kier alpha value is -1.69. The standard InChI is InChI=1S/C13H11BrFN3O/c14-9-5-12(19)18(7-9)13-11(6-16-17-13)8-1-3-10(15)4-2-8/h1-4,6,9H,5,7H2,(H,16,17). The van der Waals surface area contributed by atoms with E-state index in [1.54, 1.807) is 23.2 Å². The van der Waals surface area contributed by atoms with E-state index in [-0.39, 0.29) is 16.6 Å². The number of benzene rings is 1. The highest BCUT2D eigenvalue weighted by Crippen LogP contribution is 2.32. The van der Waals surface area contributed by atoms with Crippen molar-refractivity contribution in [1.82, 2.24) is 10.2 Å². The predicted octanol–water partition coefficient (Wildman–Crippen LogP) is 2.72. The molecule has 0 bridgehead atoms. The van der Waals surface area contributed by atoms with Gasteiger partial charge in [0.1, 0.15) is 11.6 Å². The topological polar surface area (TPSA) is 49.0 Å². The highest BCUT2D eigenvalue weighted by molar-refractivity contribution is 9.09. The molecule has 1 aromatic carbocycles. The van der Waals surface area contributed by atoms with E-state index < -0.39 is 0 Å². The lowest BCUT2D eigenvalue weighted by Crippen LogP contribution is -2.25. The second-order valence-corrected chi connectivity index (χ2v) is 5.74. The van der Waals surface area contributed by atoms with Gasteiger partial charge < -0.3 is 0 Å². The first-order valence-corrected chi connectivity index (χ1v) is 6.80. The number of carbonyl (C=O) groups excluding carboxylic acids is 1. The molecule has 98 valence electrons. The molecule has 1 aromatic heterocycles. The summed E-state index contributed by atoms with van der Waals surface area (Å²) in [5, 5.41) is 6.85. The van der Waals surface area contributed by atoms with Crippen molar-refractivity contribution in [3.63, 3.8) is 0 Å². The van der Waals surface area contributed by atoms with E-state index in [1.165, 1.54) is 12.1 Å². The summed E-state index contributed by atoms with van der Waals surface area (Å²) in [6.45, 7) is 0.606. The third kappa shape index (κ3) is 2.28. The minimum atomic E-state index is -0.286. The number of H-pyrrole nitrogens is 1. The summed E-state index contributed by atoms with van der Waals surface area (Å²) in [6.07, 6.45) is 2.12. The van der Waals surface area contributed by atoms with E-state index in [9.17, 15) is 9.18 Å². The van der Waals surface area contributed by atoms with Crippen LogP contribution in [0.5, 0.6) is 0 Å². The van der Waals surface area contributed by atoms with Crippen molar-refractivity contribution < 1.29 is 9.18 Å². The van der Waals surface area contributed by atoms with E-state index in [2.05, 4.69) is 26.1 Å². The molecule has 0 radical (unpaired) electrons. The van der Waals surface area contributed by atoms with E-state index >= 15 is 0 Å². The summed E-state index contributed by atoms with van der Waals surface area (Å²) in [5.41, 5.74) is 1.63. The van der Waals surface area contributed by atoms with Crippen molar-refractivity contribution in [3.8, 4) is 11.1 Å². The number of hydrogen-bond donors (Lipinski definition) is 1. The number of aromatic amines is 1. The normalized spacial score (nSPS) is 19.2. The fourth-order valence-corrected chi connectivity index (χ4v) is 2.77. The Morgan fingerprint density at radius 2 is 2.11 bits per heavy atom. The third-order valence-electron chi connectivity index (χ3n) is 3.12. The molecule has 19 heavy (non-hydrogen) atoms. The van der Waals surface area contributed by atoms with Crippen LogP contribution in [-0.2, 0) is 4.79 Å². The summed E-state index contributed by atoms with van der Waals surface area (Å²) in [5.74, 6) is 0.430. The van der Waals surface area contributed by atoms with E-state index in [0.29, 0.717) is 18.8 Å². The Balaban J connectivity index is 1.99. The van der Waals surface area contributed by atoms with Gasteiger partial charge in [0.2, 0.25) is 5.91 Å². The highest BCUT2D eigenvalue weighted by atomic mass is 79.9. The average Bonchev–Trinajstić information content (AvgIpc) is 2.96. The molecule has 1 fully saturated rings. The molecule has 1 aliphatic rings. The van der Waals surface area contributed by atoms with Gasteiger partial charge in [-0.1, -0.05) is 28.1 Å². The lowest BCUT2D eigenvalue weighted by atomic mass is 10.1. The highest BCUT2D eigenvalue weighted by Gasteiger charge is 2.31. The second-order valence-electron chi connectivity index (χ2n) is 4.44. The van der Waals surface area contributed by atoms with E-state index in [1.807, 2.05) is 0 Å². The van der Waals surface area contributed by atoms with Gasteiger partial charge in [-0.05, 0) is 17.7 Å². The van der Waals surface area contributed by atoms with Crippen LogP contribution in [0.3, 0.4) is 0 Å². The van der Waals surface area contributed by atoms with Crippen LogP contribution in [0.4, 0.5) is 10.2 Å². The maximum absolute atomic E-state index is 12.9. The SMILES string of the molecule is O=C1CC(Br)CN1c1[nH]ncc1-c1ccc(F)cc1. The van der Waals surface area contributed by atoms with Gasteiger partial charge in [-0.2, -0.15) is 5.10 Å². The van der Waals surface area contributed by atoms with Crippen molar-refractivity contribution in [2.24, 2.45) is 0 Å². The van der Waals surface area contributed by atoms with Crippen LogP contribution in [0.15, 0.2) is 30.5 Å². The predicted molar refractivity (Wildman–Crippen MR) is 73.7 cm³/mol. The average molecular weight is 324 g/mol. The molecule has 3 rings (SSSR count). The molecule has 2 heterocycles. The minimum Gasteiger partial charge on any atom is -0.296 e. The van der Waals surface area contributed by atoms with Crippen LogP contribution in [0, 0.1) is 5.82 Å². The van der Waals surface area contributed by atoms with Crippen LogP contribution >= 0.6 is 15.9 Å². The number of hydrogen-bond acceptors (Lipinski definition) is 2. The minimum absolute atomic E-state index is 0.0505. The number of nitrogens with one attached hydrogen (secondary N) is 1. The first-order valence-electron chi connectivity index (χ1n) is 5.89. The van der Waals surface area contributed by atoms with Crippen molar-refractivity contribution >= 4 is 27.7 Å². The zero-order valence-corrected chi connectivity index (χ0v) is 11.5. The molecule has 6 heteroatoms. The number of aromatic nitrogens is 2. The lowest BCUT2D eigenvalue weighted by Gasteiger charge is -2.15. The Morgan fingerprint density at radius 1 is 1.37 bits per heavy atom. The molecule has 4 nitrogen and oxygen atoms in total. The van der Waals surface area contributed by atoms with Gasteiger partial charge in [0.05, 0.1) is 6.20 Å². The maximum Gasteiger partial charge on any atom is 0.229 e. The first-order chi connectivity index (χ1) is 9.15. The molecule has 0 spiro atoms. The quantitative estimate of drug-likeness (QED) is 0.864. The number of rotatable bonds is 2. The van der Waals surface area contributed by atoms with E-state index in [4.69, 9.17) is 0 Å². The maximum atomic E-state index is 12.9. The molecule has 2 aromatic rings. The Bertz CT molecular complexity index is 611. The number of nitrogens with zero attached hydrogens (tertiary/aromatic N) is 2. The summed E-state index contributed by atoms with van der Waals surface area (Å²) in [7, 11) is 0. The van der Waals surface area contributed by atoms with Gasteiger partial charge in [0, 0.05) is 23.4 Å². The van der Waals surface area contributed by atoms with Crippen LogP contribution in [0.25, 0.3) is 11.1 Å². The summed E-state index contributed by atoms with van der Waals surface area (Å²) >= 11 is 3.45. The van der Waals surface area contributed by atoms with Crippen molar-refractivity contribution in [3.05, 3.63) is 36.3 Å². The van der Waals surface area contributed by atoms with Gasteiger partial charge in [0.25, 0.3) is 0 Å². The van der Waals surface area contributed by atoms with E-state index in [0.717, 1.165) is 11.1 Å². The number of halogens is 2. The van der Waals surface area contributed by atoms with Gasteiger partial charge in [-0.3, -0.25) is 14.8 Å². The van der Waals surface area contributed by atoms with Crippen molar-refractivity contribution in [2.75, 3.05) is 11.4 Å². The lowest BCUT2D eigenvalue weighted by molar-refractivity contribution is -0.117. The largest absolute Gasteiger partial charge is 0.296 e. The fraction of sp³-hybridized carbons (Fsp3) is 0.231. The Labute approximate surface area is 117 Å². The fourth-order valence-electron chi connectivity index (χ4n) is 2.21. The molecule has 1 amide bonds. The monoisotopic (exact) mass is 323 g/mol. The zero-order chi connectivity index (χ0) is 13.4. The first kappa shape index (κ1) is 12.3. The summed E-state index contributed by atoms with van der Waals surface area (Å²) in [6, 6.07) is 6.14. The zero-order valence-electron chi connectivity index (χ0n) is 9.94. The number of alkyl halides is 1. The molecule has 0 aliphatic carbocycles. The Morgan fingerprint density at radius 3 is 2.74 bits per heavy atom. The van der Waals surface area contributed by atoms with Crippen LogP contribution < -0.4 is 4.90 Å². The number of carbonyl (C=O) groups is 1. The smallest absolute Gasteiger partial charge is 0.229 e. The van der Waals surface area contributed by atoms with Crippen LogP contribution in [0.1, 0.15) is 6.42 Å². The van der Waals surface area contributed by atoms with Crippen LogP contribution in [-0.4, -0.2) is 27.5 Å². The van der Waals surface area contributed by atoms with Gasteiger partial charge >= 0.3 is 0 Å². The molecule has 0 saturated carbocycles. The molecule has 1 saturated heterocycles. The summed E-state index contributed by atoms with van der Waals surface area (Å²) in [4.78, 5) is 13.7. The summed E-state index contributed by atoms with van der Waals surface area (Å²) < 4.78 is 12.9. The van der Waals surface area contributed by atoms with Crippen molar-refractivity contribution in [2.45, 2.75) is 11.2 Å². The molecule has 1 aliphatic heterocycles. The molecule has 1 N–H and O–H groups in total. The molecular weight excluding hydrogens is 313 g/mol. The van der Waals surface area contributed by atoms with Crippen LogP contribution in [0.2, 0.25) is 0 Å². The molecular formula is C13H11BrFN3O. The molecule has 1 atom stereocenters. The van der Waals surface area contributed by atoms with Gasteiger partial charge in [0.15, 0.2) is 0 Å².